The highest BCUT2D eigenvalue weighted by Gasteiger charge is 2.28. The van der Waals surface area contributed by atoms with E-state index in [1.54, 1.807) is 11.0 Å². The molecule has 0 radical (unpaired) electrons. The first-order chi connectivity index (χ1) is 14.0. The number of nitriles is 1. The van der Waals surface area contributed by atoms with Crippen LogP contribution in [0.3, 0.4) is 0 Å². The Morgan fingerprint density at radius 2 is 1.80 bits per heavy atom. The van der Waals surface area contributed by atoms with E-state index in [9.17, 15) is 14.9 Å². The smallest absolute Gasteiger partial charge is 0.415 e. The van der Waals surface area contributed by atoms with Gasteiger partial charge in [0.15, 0.2) is 6.29 Å². The predicted molar refractivity (Wildman–Crippen MR) is 122 cm³/mol. The van der Waals surface area contributed by atoms with Crippen LogP contribution in [0, 0.1) is 11.3 Å². The second-order valence-electron chi connectivity index (χ2n) is 9.20. The van der Waals surface area contributed by atoms with Crippen molar-refractivity contribution in [1.29, 1.82) is 5.26 Å². The van der Waals surface area contributed by atoms with Gasteiger partial charge in [-0.3, -0.25) is 9.69 Å². The lowest BCUT2D eigenvalue weighted by Crippen LogP contribution is -2.38. The number of rotatable bonds is 3. The molecule has 2 rings (SSSR count). The van der Waals surface area contributed by atoms with Gasteiger partial charge in [-0.05, 0) is 49.8 Å². The van der Waals surface area contributed by atoms with Crippen molar-refractivity contribution >= 4 is 29.7 Å². The molecule has 0 aromatic heterocycles. The Morgan fingerprint density at radius 3 is 2.30 bits per heavy atom. The van der Waals surface area contributed by atoms with Crippen LogP contribution in [0.1, 0.15) is 59.1 Å². The molecule has 0 saturated carbocycles. The first-order valence-electron chi connectivity index (χ1n) is 10.0. The molecule has 1 heterocycles. The van der Waals surface area contributed by atoms with Crippen LogP contribution < -0.4 is 0 Å². The van der Waals surface area contributed by atoms with Gasteiger partial charge in [0.05, 0.1) is 10.6 Å². The number of allylic oxidation sites excluding steroid dienone is 3. The molecule has 5 nitrogen and oxygen atoms in total. The van der Waals surface area contributed by atoms with Gasteiger partial charge in [-0.2, -0.15) is 5.26 Å². The van der Waals surface area contributed by atoms with Gasteiger partial charge in [0.1, 0.15) is 11.7 Å². The van der Waals surface area contributed by atoms with E-state index in [2.05, 4.69) is 20.8 Å². The maximum atomic E-state index is 12.7. The molecule has 0 N–H and O–H groups in total. The fourth-order valence-corrected chi connectivity index (χ4v) is 3.95. The van der Waals surface area contributed by atoms with E-state index < -0.39 is 11.7 Å². The Hall–Kier alpha value is -2.52. The number of aldehydes is 1. The fraction of sp³-hybridized carbons (Fsp3) is 0.458. The van der Waals surface area contributed by atoms with E-state index in [0.717, 1.165) is 23.3 Å². The highest BCUT2D eigenvalue weighted by atomic mass is 32.2. The second-order valence-corrected chi connectivity index (χ2v) is 10.3. The Morgan fingerprint density at radius 1 is 1.17 bits per heavy atom. The standard InChI is InChI=1S/C24H30N2O3S/c1-23(2,3)19-10-8-17(9-11-19)20(18(15-25)16-27)14-21-26(12-7-13-30-21)22(28)29-24(4,5)6/h8-11,14,16H,7,12-13H2,1-6H3/b20-18+,21-14-. The van der Waals surface area contributed by atoms with E-state index in [1.807, 2.05) is 51.1 Å². The minimum atomic E-state index is -0.605. The summed E-state index contributed by atoms with van der Waals surface area (Å²) in [4.78, 5) is 25.9. The molecule has 30 heavy (non-hydrogen) atoms. The van der Waals surface area contributed by atoms with E-state index >= 15 is 0 Å². The van der Waals surface area contributed by atoms with Crippen LogP contribution in [0.25, 0.3) is 5.57 Å². The highest BCUT2D eigenvalue weighted by molar-refractivity contribution is 8.03. The predicted octanol–water partition coefficient (Wildman–Crippen LogP) is 5.68. The number of nitrogens with zero attached hydrogens (tertiary/aromatic N) is 2. The second kappa shape index (κ2) is 9.53. The van der Waals surface area contributed by atoms with Crippen molar-refractivity contribution in [1.82, 2.24) is 4.90 Å². The Balaban J connectivity index is 2.50. The van der Waals surface area contributed by atoms with Crippen LogP contribution >= 0.6 is 11.8 Å². The van der Waals surface area contributed by atoms with Gasteiger partial charge >= 0.3 is 6.09 Å². The summed E-state index contributed by atoms with van der Waals surface area (Å²) in [6, 6.07) is 9.84. The fourth-order valence-electron chi connectivity index (χ4n) is 2.95. The van der Waals surface area contributed by atoms with E-state index in [-0.39, 0.29) is 11.0 Å². The van der Waals surface area contributed by atoms with Crippen LogP contribution in [0.4, 0.5) is 4.79 Å². The van der Waals surface area contributed by atoms with Crippen molar-refractivity contribution in [3.8, 4) is 6.07 Å². The summed E-state index contributed by atoms with van der Waals surface area (Å²) < 4.78 is 5.54. The summed E-state index contributed by atoms with van der Waals surface area (Å²) in [6.45, 7) is 12.4. The van der Waals surface area contributed by atoms with Crippen LogP contribution in [0.5, 0.6) is 0 Å². The molecule has 1 fully saturated rings. The molecule has 1 amide bonds. The minimum Gasteiger partial charge on any atom is -0.443 e. The van der Waals surface area contributed by atoms with Crippen molar-refractivity contribution in [3.05, 3.63) is 52.1 Å². The van der Waals surface area contributed by atoms with Crippen molar-refractivity contribution in [2.75, 3.05) is 12.3 Å². The SMILES string of the molecule is CC(C)(C)OC(=O)N1CCCS/C1=C\C(=C(\C#N)C=O)c1ccc(C(C)(C)C)cc1. The van der Waals surface area contributed by atoms with E-state index in [4.69, 9.17) is 4.74 Å². The third-order valence-electron chi connectivity index (χ3n) is 4.51. The third kappa shape index (κ3) is 6.24. The van der Waals surface area contributed by atoms with E-state index in [0.29, 0.717) is 23.4 Å². The normalized spacial score (nSPS) is 17.2. The van der Waals surface area contributed by atoms with Gasteiger partial charge in [0, 0.05) is 17.9 Å². The number of benzene rings is 1. The number of amides is 1. The number of hydrogen-bond donors (Lipinski definition) is 0. The number of thioether (sulfide) groups is 1. The van der Waals surface area contributed by atoms with E-state index in [1.165, 1.54) is 11.8 Å². The van der Waals surface area contributed by atoms with Gasteiger partial charge in [0.2, 0.25) is 0 Å². The Kier molecular flexibility index (Phi) is 7.54. The molecule has 0 spiro atoms. The molecular formula is C24H30N2O3S. The first kappa shape index (κ1) is 23.8. The lowest BCUT2D eigenvalue weighted by molar-refractivity contribution is -0.104. The summed E-state index contributed by atoms with van der Waals surface area (Å²) in [5.41, 5.74) is 1.84. The molecule has 0 unspecified atom stereocenters. The van der Waals surface area contributed by atoms with Crippen LogP contribution in [0.2, 0.25) is 0 Å². The number of hydrogen-bond acceptors (Lipinski definition) is 5. The van der Waals surface area contributed by atoms with Gasteiger partial charge in [0.25, 0.3) is 0 Å². The minimum absolute atomic E-state index is 0.00365. The highest BCUT2D eigenvalue weighted by Crippen LogP contribution is 2.33. The Bertz CT molecular complexity index is 894. The number of carbonyl (C=O) groups excluding carboxylic acids is 2. The summed E-state index contributed by atoms with van der Waals surface area (Å²) in [6.07, 6.45) is 2.75. The lowest BCUT2D eigenvalue weighted by atomic mass is 9.86. The summed E-state index contributed by atoms with van der Waals surface area (Å²) in [5.74, 6) is 0.852. The summed E-state index contributed by atoms with van der Waals surface area (Å²) in [5, 5.41) is 10.2. The molecule has 0 bridgehead atoms. The van der Waals surface area contributed by atoms with Crippen molar-refractivity contribution < 1.29 is 14.3 Å². The quantitative estimate of drug-likeness (QED) is 0.353. The van der Waals surface area contributed by atoms with Crippen molar-refractivity contribution in [3.63, 3.8) is 0 Å². The van der Waals surface area contributed by atoms with Gasteiger partial charge in [-0.1, -0.05) is 45.0 Å². The number of ether oxygens (including phenoxy) is 1. The third-order valence-corrected chi connectivity index (χ3v) is 5.64. The molecule has 1 aromatic rings. The molecule has 1 aromatic carbocycles. The molecule has 6 heteroatoms. The zero-order valence-corrected chi connectivity index (χ0v) is 19.4. The Labute approximate surface area is 183 Å². The monoisotopic (exact) mass is 426 g/mol. The zero-order chi connectivity index (χ0) is 22.5. The molecular weight excluding hydrogens is 396 g/mol. The average molecular weight is 427 g/mol. The van der Waals surface area contributed by atoms with Crippen LogP contribution in [-0.2, 0) is 14.9 Å². The maximum Gasteiger partial charge on any atom is 0.415 e. The van der Waals surface area contributed by atoms with Crippen molar-refractivity contribution in [2.24, 2.45) is 0 Å². The summed E-state index contributed by atoms with van der Waals surface area (Å²) in [7, 11) is 0. The molecule has 0 aliphatic carbocycles. The van der Waals surface area contributed by atoms with Gasteiger partial charge in [-0.15, -0.1) is 11.8 Å². The maximum absolute atomic E-state index is 12.7. The first-order valence-corrected chi connectivity index (χ1v) is 11.0. The lowest BCUT2D eigenvalue weighted by Gasteiger charge is -2.31. The molecule has 0 atom stereocenters. The summed E-state index contributed by atoms with van der Waals surface area (Å²) >= 11 is 1.52. The van der Waals surface area contributed by atoms with Crippen LogP contribution in [0.15, 0.2) is 40.9 Å². The van der Waals surface area contributed by atoms with Crippen LogP contribution in [-0.4, -0.2) is 35.2 Å². The molecule has 160 valence electrons. The molecule has 1 saturated heterocycles. The van der Waals surface area contributed by atoms with Gasteiger partial charge < -0.3 is 4.74 Å². The average Bonchev–Trinajstić information content (AvgIpc) is 2.66. The topological polar surface area (TPSA) is 70.4 Å². The zero-order valence-electron chi connectivity index (χ0n) is 18.6. The largest absolute Gasteiger partial charge is 0.443 e. The molecule has 1 aliphatic heterocycles. The molecule has 1 aliphatic rings. The number of carbonyl (C=O) groups is 2. The van der Waals surface area contributed by atoms with Gasteiger partial charge in [-0.25, -0.2) is 4.79 Å². The van der Waals surface area contributed by atoms with Crippen molar-refractivity contribution in [2.45, 2.75) is 59.0 Å².